The third-order valence-corrected chi connectivity index (χ3v) is 6.40. The molecule has 0 spiro atoms. The van der Waals surface area contributed by atoms with Crippen molar-refractivity contribution >= 4 is 33.5 Å². The van der Waals surface area contributed by atoms with E-state index in [-0.39, 0.29) is 18.5 Å². The number of carbonyl (C=O) groups excluding carboxylic acids is 2. The van der Waals surface area contributed by atoms with Gasteiger partial charge >= 0.3 is 5.97 Å². The average molecular weight is 408 g/mol. The molecule has 0 saturated heterocycles. The van der Waals surface area contributed by atoms with Crippen molar-refractivity contribution in [3.05, 3.63) is 28.7 Å². The summed E-state index contributed by atoms with van der Waals surface area (Å²) in [7, 11) is 0. The summed E-state index contributed by atoms with van der Waals surface area (Å²) in [6, 6.07) is 7.25. The molecule has 0 unspecified atom stereocenters. The van der Waals surface area contributed by atoms with Gasteiger partial charge in [-0.1, -0.05) is 22.0 Å². The number of anilines is 1. The molecule has 4 aliphatic carbocycles. The maximum atomic E-state index is 12.7. The molecule has 5 rings (SSSR count). The number of esters is 1. The van der Waals surface area contributed by atoms with Gasteiger partial charge in [-0.3, -0.25) is 9.59 Å². The van der Waals surface area contributed by atoms with Crippen molar-refractivity contribution in [1.82, 2.24) is 0 Å². The lowest BCUT2D eigenvalue weighted by molar-refractivity contribution is -0.196. The molecular formula is C19H22BrNO4. The molecule has 4 bridgehead atoms. The van der Waals surface area contributed by atoms with Gasteiger partial charge in [-0.2, -0.15) is 0 Å². The van der Waals surface area contributed by atoms with Gasteiger partial charge in [0, 0.05) is 10.2 Å². The molecule has 4 saturated carbocycles. The van der Waals surface area contributed by atoms with E-state index < -0.39 is 11.0 Å². The van der Waals surface area contributed by atoms with E-state index in [4.69, 9.17) is 4.74 Å². The quantitative estimate of drug-likeness (QED) is 0.750. The van der Waals surface area contributed by atoms with Crippen LogP contribution in [0.25, 0.3) is 0 Å². The number of rotatable bonds is 4. The first-order valence-electron chi connectivity index (χ1n) is 8.81. The lowest BCUT2D eigenvalue weighted by Crippen LogP contribution is -2.58. The minimum absolute atomic E-state index is 0.291. The number of ether oxygens (including phenoxy) is 1. The molecular weight excluding hydrogens is 386 g/mol. The Hall–Kier alpha value is -1.40. The second kappa shape index (κ2) is 6.09. The highest BCUT2D eigenvalue weighted by Crippen LogP contribution is 2.61. The van der Waals surface area contributed by atoms with Crippen LogP contribution in [-0.2, 0) is 14.3 Å². The van der Waals surface area contributed by atoms with Gasteiger partial charge in [0.05, 0.1) is 11.0 Å². The predicted octanol–water partition coefficient (Wildman–Crippen LogP) is 3.26. The summed E-state index contributed by atoms with van der Waals surface area (Å²) in [6.07, 6.45) is 4.79. The molecule has 25 heavy (non-hydrogen) atoms. The van der Waals surface area contributed by atoms with Crippen LogP contribution >= 0.6 is 15.9 Å². The van der Waals surface area contributed by atoms with Crippen LogP contribution in [0.5, 0.6) is 0 Å². The highest BCUT2D eigenvalue weighted by Gasteiger charge is 2.60. The lowest BCUT2D eigenvalue weighted by atomic mass is 9.48. The number of hydrogen-bond acceptors (Lipinski definition) is 4. The van der Waals surface area contributed by atoms with Crippen molar-refractivity contribution in [2.75, 3.05) is 11.9 Å². The molecule has 0 aliphatic heterocycles. The van der Waals surface area contributed by atoms with E-state index in [1.807, 2.05) is 12.1 Å². The van der Waals surface area contributed by atoms with Gasteiger partial charge in [0.25, 0.3) is 5.91 Å². The topological polar surface area (TPSA) is 75.6 Å². The molecule has 1 aromatic rings. The number of aliphatic hydroxyl groups is 1. The van der Waals surface area contributed by atoms with Crippen LogP contribution in [0, 0.1) is 17.3 Å². The SMILES string of the molecule is O=C(COC(=O)C12C[C@H]3C[C@@H](CC(O)(C3)C1)C2)Nc1cccc(Br)c1. The van der Waals surface area contributed by atoms with Crippen molar-refractivity contribution < 1.29 is 19.4 Å². The number of benzene rings is 1. The summed E-state index contributed by atoms with van der Waals surface area (Å²) in [5.41, 5.74) is -0.643. The molecule has 0 radical (unpaired) electrons. The summed E-state index contributed by atoms with van der Waals surface area (Å²) in [5, 5.41) is 13.4. The fraction of sp³-hybridized carbons (Fsp3) is 0.579. The zero-order valence-electron chi connectivity index (χ0n) is 14.0. The van der Waals surface area contributed by atoms with E-state index in [0.717, 1.165) is 36.6 Å². The fourth-order valence-electron chi connectivity index (χ4n) is 5.50. The Morgan fingerprint density at radius 1 is 1.24 bits per heavy atom. The number of amides is 1. The van der Waals surface area contributed by atoms with Crippen LogP contribution < -0.4 is 5.32 Å². The number of halogens is 1. The Balaban J connectivity index is 1.37. The molecule has 2 N–H and O–H groups in total. The van der Waals surface area contributed by atoms with Gasteiger partial charge < -0.3 is 15.2 Å². The van der Waals surface area contributed by atoms with Crippen molar-refractivity contribution in [2.24, 2.45) is 17.3 Å². The van der Waals surface area contributed by atoms with E-state index >= 15 is 0 Å². The Morgan fingerprint density at radius 3 is 2.60 bits per heavy atom. The van der Waals surface area contributed by atoms with Gasteiger partial charge in [0.15, 0.2) is 6.61 Å². The molecule has 0 aromatic heterocycles. The monoisotopic (exact) mass is 407 g/mol. The summed E-state index contributed by atoms with van der Waals surface area (Å²) in [5.74, 6) is 0.155. The minimum atomic E-state index is -0.707. The van der Waals surface area contributed by atoms with Crippen LogP contribution in [0.3, 0.4) is 0 Å². The third kappa shape index (κ3) is 3.34. The van der Waals surface area contributed by atoms with Crippen molar-refractivity contribution in [3.8, 4) is 0 Å². The summed E-state index contributed by atoms with van der Waals surface area (Å²) in [6.45, 7) is -0.291. The molecule has 1 amide bonds. The fourth-order valence-corrected chi connectivity index (χ4v) is 5.90. The summed E-state index contributed by atoms with van der Waals surface area (Å²) >= 11 is 3.35. The maximum absolute atomic E-state index is 12.7. The second-order valence-electron chi connectivity index (χ2n) is 8.10. The Labute approximate surface area is 155 Å². The first kappa shape index (κ1) is 17.0. The van der Waals surface area contributed by atoms with Crippen molar-refractivity contribution in [2.45, 2.75) is 44.1 Å². The van der Waals surface area contributed by atoms with Crippen LogP contribution in [0.2, 0.25) is 0 Å². The lowest BCUT2D eigenvalue weighted by Gasteiger charge is -2.58. The first-order valence-corrected chi connectivity index (χ1v) is 9.60. The van der Waals surface area contributed by atoms with Crippen molar-refractivity contribution in [1.29, 1.82) is 0 Å². The molecule has 1 aromatic carbocycles. The molecule has 6 heteroatoms. The van der Waals surface area contributed by atoms with E-state index in [1.54, 1.807) is 12.1 Å². The highest BCUT2D eigenvalue weighted by atomic mass is 79.9. The predicted molar refractivity (Wildman–Crippen MR) is 95.8 cm³/mol. The smallest absolute Gasteiger partial charge is 0.312 e. The van der Waals surface area contributed by atoms with Gasteiger partial charge in [0.1, 0.15) is 0 Å². The summed E-state index contributed by atoms with van der Waals surface area (Å²) in [4.78, 5) is 24.8. The molecule has 134 valence electrons. The Morgan fingerprint density at radius 2 is 1.96 bits per heavy atom. The number of carbonyl (C=O) groups is 2. The van der Waals surface area contributed by atoms with E-state index in [9.17, 15) is 14.7 Å². The van der Waals surface area contributed by atoms with Crippen molar-refractivity contribution in [3.63, 3.8) is 0 Å². The van der Waals surface area contributed by atoms with Crippen LogP contribution in [0.1, 0.15) is 38.5 Å². The second-order valence-corrected chi connectivity index (χ2v) is 9.02. The van der Waals surface area contributed by atoms with Gasteiger partial charge in [-0.15, -0.1) is 0 Å². The van der Waals surface area contributed by atoms with Gasteiger partial charge in [-0.05, 0) is 68.6 Å². The molecule has 0 heterocycles. The standard InChI is InChI=1S/C19H22BrNO4/c20-14-2-1-3-15(5-14)21-16(22)10-25-17(23)18-6-12-4-13(7-18)9-19(24,8-12)11-18/h1-3,5,12-13,24H,4,6-11H2,(H,21,22)/t12-,13-,18?,19?/m1/s1. The highest BCUT2D eigenvalue weighted by molar-refractivity contribution is 9.10. The largest absolute Gasteiger partial charge is 0.455 e. The first-order chi connectivity index (χ1) is 11.9. The molecule has 4 aliphatic rings. The normalized spacial score (nSPS) is 35.4. The maximum Gasteiger partial charge on any atom is 0.312 e. The Bertz CT molecular complexity index is 705. The number of hydrogen-bond donors (Lipinski definition) is 2. The third-order valence-electron chi connectivity index (χ3n) is 5.91. The van der Waals surface area contributed by atoms with E-state index in [0.29, 0.717) is 23.9 Å². The molecule has 2 atom stereocenters. The van der Waals surface area contributed by atoms with Crippen LogP contribution in [-0.4, -0.2) is 29.2 Å². The molecule has 5 nitrogen and oxygen atoms in total. The summed E-state index contributed by atoms with van der Waals surface area (Å²) < 4.78 is 6.23. The van der Waals surface area contributed by atoms with E-state index in [2.05, 4.69) is 21.2 Å². The van der Waals surface area contributed by atoms with Crippen LogP contribution in [0.15, 0.2) is 28.7 Å². The van der Waals surface area contributed by atoms with Gasteiger partial charge in [0.2, 0.25) is 0 Å². The van der Waals surface area contributed by atoms with E-state index in [1.165, 1.54) is 0 Å². The van der Waals surface area contributed by atoms with Gasteiger partial charge in [-0.25, -0.2) is 0 Å². The number of nitrogens with one attached hydrogen (secondary N) is 1. The zero-order valence-corrected chi connectivity index (χ0v) is 15.5. The zero-order chi connectivity index (χ0) is 17.7. The average Bonchev–Trinajstić information content (AvgIpc) is 2.50. The Kier molecular flexibility index (Phi) is 4.15. The molecule has 4 fully saturated rings. The van der Waals surface area contributed by atoms with Crippen LogP contribution in [0.4, 0.5) is 5.69 Å². The minimum Gasteiger partial charge on any atom is -0.455 e.